The van der Waals surface area contributed by atoms with Crippen molar-refractivity contribution in [3.05, 3.63) is 72.3 Å². The van der Waals surface area contributed by atoms with Crippen molar-refractivity contribution in [3.8, 4) is 11.5 Å². The van der Waals surface area contributed by atoms with Crippen molar-refractivity contribution >= 4 is 33.0 Å². The van der Waals surface area contributed by atoms with E-state index in [0.29, 0.717) is 22.9 Å². The van der Waals surface area contributed by atoms with Gasteiger partial charge in [-0.25, -0.2) is 8.42 Å². The molecule has 3 aromatic rings. The van der Waals surface area contributed by atoms with Gasteiger partial charge < -0.3 is 19.7 Å². The first-order valence-electron chi connectivity index (χ1n) is 11.2. The maximum atomic E-state index is 13.0. The zero-order chi connectivity index (χ0) is 23.5. The van der Waals surface area contributed by atoms with Crippen LogP contribution in [0.15, 0.2) is 71.6 Å². The summed E-state index contributed by atoms with van der Waals surface area (Å²) in [4.78, 5) is 15.3. The van der Waals surface area contributed by atoms with Crippen molar-refractivity contribution in [3.63, 3.8) is 0 Å². The van der Waals surface area contributed by atoms with Crippen molar-refractivity contribution in [2.24, 2.45) is 0 Å². The molecule has 1 saturated heterocycles. The van der Waals surface area contributed by atoms with Gasteiger partial charge in [0.05, 0.1) is 22.0 Å². The first kappa shape index (κ1) is 22.1. The molecule has 0 saturated carbocycles. The van der Waals surface area contributed by atoms with Crippen LogP contribution in [0.1, 0.15) is 29.6 Å². The lowest BCUT2D eigenvalue weighted by Crippen LogP contribution is -2.30. The fraction of sp³-hybridized carbons (Fsp3) is 0.240. The first-order chi connectivity index (χ1) is 16.5. The standard InChI is InChI=1S/C25H25N3O5S/c29-25(26-21-9-2-3-10-22(21)28-13-4-1-5-14-28)18-7-6-8-20(15-18)34(30,31)27-19-11-12-23-24(16-19)33-17-32-23/h2-3,6-12,15-16,27H,1,4-5,13-14,17H2,(H,26,29). The Kier molecular flexibility index (Phi) is 6.02. The Balaban J connectivity index is 1.34. The number of fused-ring (bicyclic) bond motifs is 1. The number of anilines is 3. The van der Waals surface area contributed by atoms with Crippen LogP contribution in [0, 0.1) is 0 Å². The largest absolute Gasteiger partial charge is 0.454 e. The number of nitrogens with zero attached hydrogens (tertiary/aromatic N) is 1. The van der Waals surface area contributed by atoms with Gasteiger partial charge in [-0.05, 0) is 61.7 Å². The van der Waals surface area contributed by atoms with Crippen LogP contribution in [0.5, 0.6) is 11.5 Å². The molecule has 8 nitrogen and oxygen atoms in total. The molecule has 176 valence electrons. The summed E-state index contributed by atoms with van der Waals surface area (Å²) in [6.45, 7) is 2.00. The van der Waals surface area contributed by atoms with Crippen molar-refractivity contribution in [1.29, 1.82) is 0 Å². The number of benzene rings is 3. The minimum atomic E-state index is -3.92. The van der Waals surface area contributed by atoms with Crippen LogP contribution in [0.3, 0.4) is 0 Å². The molecule has 5 rings (SSSR count). The number of sulfonamides is 1. The van der Waals surface area contributed by atoms with Gasteiger partial charge in [-0.15, -0.1) is 0 Å². The van der Waals surface area contributed by atoms with Gasteiger partial charge in [0.25, 0.3) is 15.9 Å². The number of hydrogen-bond acceptors (Lipinski definition) is 6. The number of carbonyl (C=O) groups excluding carboxylic acids is 1. The van der Waals surface area contributed by atoms with Gasteiger partial charge in [0.2, 0.25) is 6.79 Å². The van der Waals surface area contributed by atoms with Crippen molar-refractivity contribution < 1.29 is 22.7 Å². The summed E-state index contributed by atoms with van der Waals surface area (Å²) in [6.07, 6.45) is 3.46. The van der Waals surface area contributed by atoms with Crippen LogP contribution in [-0.4, -0.2) is 34.2 Å². The van der Waals surface area contributed by atoms with E-state index < -0.39 is 10.0 Å². The maximum absolute atomic E-state index is 13.0. The SMILES string of the molecule is O=C(Nc1ccccc1N1CCCCC1)c1cccc(S(=O)(=O)Nc2ccc3c(c2)OCO3)c1. The van der Waals surface area contributed by atoms with E-state index in [1.807, 2.05) is 24.3 Å². The number of hydrogen-bond donors (Lipinski definition) is 2. The number of nitrogens with one attached hydrogen (secondary N) is 2. The fourth-order valence-electron chi connectivity index (χ4n) is 4.16. The third-order valence-electron chi connectivity index (χ3n) is 5.88. The molecule has 1 amide bonds. The second-order valence-electron chi connectivity index (χ2n) is 8.22. The number of piperidine rings is 1. The minimum Gasteiger partial charge on any atom is -0.454 e. The Morgan fingerprint density at radius 3 is 2.50 bits per heavy atom. The van der Waals surface area contributed by atoms with Crippen LogP contribution in [0.25, 0.3) is 0 Å². The van der Waals surface area contributed by atoms with E-state index in [-0.39, 0.29) is 23.2 Å². The molecule has 0 radical (unpaired) electrons. The number of amides is 1. The third kappa shape index (κ3) is 4.65. The quantitative estimate of drug-likeness (QED) is 0.542. The fourth-order valence-corrected chi connectivity index (χ4v) is 5.26. The van der Waals surface area contributed by atoms with E-state index in [2.05, 4.69) is 14.9 Å². The normalized spacial score (nSPS) is 15.1. The second kappa shape index (κ2) is 9.26. The second-order valence-corrected chi connectivity index (χ2v) is 9.90. The molecule has 3 aromatic carbocycles. The summed E-state index contributed by atoms with van der Waals surface area (Å²) in [5.74, 6) is 0.664. The number of para-hydroxylation sites is 2. The molecule has 0 unspecified atom stereocenters. The Bertz CT molecular complexity index is 1320. The van der Waals surface area contributed by atoms with Gasteiger partial charge in [0.15, 0.2) is 11.5 Å². The Morgan fingerprint density at radius 2 is 1.65 bits per heavy atom. The highest BCUT2D eigenvalue weighted by Gasteiger charge is 2.20. The molecule has 2 aliphatic heterocycles. The van der Waals surface area contributed by atoms with Crippen molar-refractivity contribution in [1.82, 2.24) is 0 Å². The topological polar surface area (TPSA) is 97.0 Å². The van der Waals surface area contributed by atoms with Crippen LogP contribution >= 0.6 is 0 Å². The van der Waals surface area contributed by atoms with Crippen LogP contribution in [0.2, 0.25) is 0 Å². The Morgan fingerprint density at radius 1 is 0.853 bits per heavy atom. The van der Waals surface area contributed by atoms with E-state index in [1.54, 1.807) is 30.3 Å². The average molecular weight is 480 g/mol. The predicted octanol–water partition coefficient (Wildman–Crippen LogP) is 4.46. The van der Waals surface area contributed by atoms with Crippen molar-refractivity contribution in [2.45, 2.75) is 24.2 Å². The zero-order valence-corrected chi connectivity index (χ0v) is 19.3. The molecule has 2 N–H and O–H groups in total. The lowest BCUT2D eigenvalue weighted by Gasteiger charge is -2.30. The van der Waals surface area contributed by atoms with E-state index in [1.165, 1.54) is 18.6 Å². The molecule has 34 heavy (non-hydrogen) atoms. The molecular formula is C25H25N3O5S. The Labute approximate surface area is 198 Å². The lowest BCUT2D eigenvalue weighted by atomic mass is 10.1. The summed E-state index contributed by atoms with van der Waals surface area (Å²) < 4.78 is 39.0. The average Bonchev–Trinajstić information content (AvgIpc) is 3.33. The molecule has 0 atom stereocenters. The molecule has 2 heterocycles. The zero-order valence-electron chi connectivity index (χ0n) is 18.5. The first-order valence-corrected chi connectivity index (χ1v) is 12.7. The van der Waals surface area contributed by atoms with E-state index in [4.69, 9.17) is 9.47 Å². The van der Waals surface area contributed by atoms with Crippen LogP contribution in [0.4, 0.5) is 17.1 Å². The predicted molar refractivity (Wildman–Crippen MR) is 130 cm³/mol. The lowest BCUT2D eigenvalue weighted by molar-refractivity contribution is 0.102. The summed E-state index contributed by atoms with van der Waals surface area (Å²) in [5.41, 5.74) is 2.28. The highest BCUT2D eigenvalue weighted by Crippen LogP contribution is 2.35. The summed E-state index contributed by atoms with van der Waals surface area (Å²) in [7, 11) is -3.92. The van der Waals surface area contributed by atoms with Gasteiger partial charge in [-0.1, -0.05) is 18.2 Å². The third-order valence-corrected chi connectivity index (χ3v) is 7.26. The van der Waals surface area contributed by atoms with E-state index in [9.17, 15) is 13.2 Å². The summed E-state index contributed by atoms with van der Waals surface area (Å²) in [6, 6.07) is 18.5. The molecule has 0 bridgehead atoms. The molecule has 2 aliphatic rings. The number of ether oxygens (including phenoxy) is 2. The number of carbonyl (C=O) groups is 1. The molecule has 0 spiro atoms. The van der Waals surface area contributed by atoms with Crippen LogP contribution < -0.4 is 24.4 Å². The minimum absolute atomic E-state index is 0.0119. The van der Waals surface area contributed by atoms with E-state index >= 15 is 0 Å². The molecule has 1 fully saturated rings. The summed E-state index contributed by atoms with van der Waals surface area (Å²) >= 11 is 0. The van der Waals surface area contributed by atoms with Gasteiger partial charge in [-0.3, -0.25) is 9.52 Å². The highest BCUT2D eigenvalue weighted by molar-refractivity contribution is 7.92. The van der Waals surface area contributed by atoms with Crippen molar-refractivity contribution in [2.75, 3.05) is 34.8 Å². The Hall–Kier alpha value is -3.72. The molecule has 0 aliphatic carbocycles. The molecular weight excluding hydrogens is 454 g/mol. The maximum Gasteiger partial charge on any atom is 0.261 e. The summed E-state index contributed by atoms with van der Waals surface area (Å²) in [5, 5.41) is 2.95. The number of rotatable bonds is 6. The van der Waals surface area contributed by atoms with Gasteiger partial charge >= 0.3 is 0 Å². The van der Waals surface area contributed by atoms with Crippen LogP contribution in [-0.2, 0) is 10.0 Å². The highest BCUT2D eigenvalue weighted by atomic mass is 32.2. The monoisotopic (exact) mass is 479 g/mol. The molecule has 0 aromatic heterocycles. The molecule has 9 heteroatoms. The van der Waals surface area contributed by atoms with Gasteiger partial charge in [0.1, 0.15) is 0 Å². The van der Waals surface area contributed by atoms with E-state index in [0.717, 1.165) is 31.6 Å². The van der Waals surface area contributed by atoms with Gasteiger partial charge in [0, 0.05) is 24.7 Å². The van der Waals surface area contributed by atoms with Gasteiger partial charge in [-0.2, -0.15) is 0 Å². The smallest absolute Gasteiger partial charge is 0.261 e.